The third kappa shape index (κ3) is 2.85. The fourth-order valence-electron chi connectivity index (χ4n) is 2.65. The van der Waals surface area contributed by atoms with Gasteiger partial charge in [-0.2, -0.15) is 0 Å². The van der Waals surface area contributed by atoms with Gasteiger partial charge in [-0.25, -0.2) is 0 Å². The number of aromatic nitrogens is 1. The monoisotopic (exact) mass is 234 g/mol. The molecule has 0 spiro atoms. The SMILES string of the molecule is CCC1CCNC(C(O)c2cnccc2C)C1. The van der Waals surface area contributed by atoms with E-state index in [0.29, 0.717) is 0 Å². The first-order valence-electron chi connectivity index (χ1n) is 6.54. The second kappa shape index (κ2) is 5.61. The predicted molar refractivity (Wildman–Crippen MR) is 68.7 cm³/mol. The van der Waals surface area contributed by atoms with E-state index in [1.807, 2.05) is 13.0 Å². The summed E-state index contributed by atoms with van der Waals surface area (Å²) < 4.78 is 0. The van der Waals surface area contributed by atoms with Gasteiger partial charge in [0.2, 0.25) is 0 Å². The Hall–Kier alpha value is -0.930. The van der Waals surface area contributed by atoms with Gasteiger partial charge in [-0.15, -0.1) is 0 Å². The molecule has 1 aromatic heterocycles. The second-order valence-corrected chi connectivity index (χ2v) is 5.04. The van der Waals surface area contributed by atoms with Gasteiger partial charge >= 0.3 is 0 Å². The first-order valence-corrected chi connectivity index (χ1v) is 6.54. The zero-order valence-electron chi connectivity index (χ0n) is 10.7. The molecule has 1 aliphatic rings. The van der Waals surface area contributed by atoms with Gasteiger partial charge in [0.15, 0.2) is 0 Å². The Bertz CT molecular complexity index is 367. The minimum Gasteiger partial charge on any atom is -0.387 e. The molecular weight excluding hydrogens is 212 g/mol. The Kier molecular flexibility index (Phi) is 4.13. The number of hydrogen-bond donors (Lipinski definition) is 2. The fourth-order valence-corrected chi connectivity index (χ4v) is 2.65. The number of nitrogens with one attached hydrogen (secondary N) is 1. The number of aryl methyl sites for hydroxylation is 1. The summed E-state index contributed by atoms with van der Waals surface area (Å²) in [5.41, 5.74) is 2.08. The number of hydrogen-bond acceptors (Lipinski definition) is 3. The number of aliphatic hydroxyl groups excluding tert-OH is 1. The van der Waals surface area contributed by atoms with E-state index in [1.165, 1.54) is 12.8 Å². The molecule has 17 heavy (non-hydrogen) atoms. The minimum absolute atomic E-state index is 0.177. The number of pyridine rings is 1. The molecule has 1 fully saturated rings. The lowest BCUT2D eigenvalue weighted by atomic mass is 9.86. The smallest absolute Gasteiger partial charge is 0.0960 e. The molecule has 1 saturated heterocycles. The van der Waals surface area contributed by atoms with Crippen LogP contribution in [0.5, 0.6) is 0 Å². The molecular formula is C14H22N2O. The lowest BCUT2D eigenvalue weighted by molar-refractivity contribution is 0.0971. The molecule has 3 heteroatoms. The lowest BCUT2D eigenvalue weighted by Gasteiger charge is -2.33. The third-order valence-corrected chi connectivity index (χ3v) is 3.90. The van der Waals surface area contributed by atoms with Crippen molar-refractivity contribution in [3.8, 4) is 0 Å². The summed E-state index contributed by atoms with van der Waals surface area (Å²) in [6.07, 6.45) is 6.62. The third-order valence-electron chi connectivity index (χ3n) is 3.90. The van der Waals surface area contributed by atoms with Crippen molar-refractivity contribution in [2.24, 2.45) is 5.92 Å². The zero-order chi connectivity index (χ0) is 12.3. The molecule has 1 aromatic rings. The summed E-state index contributed by atoms with van der Waals surface area (Å²) >= 11 is 0. The molecule has 94 valence electrons. The van der Waals surface area contributed by atoms with Crippen LogP contribution in [-0.2, 0) is 0 Å². The summed E-state index contributed by atoms with van der Waals surface area (Å²) in [4.78, 5) is 4.11. The zero-order valence-corrected chi connectivity index (χ0v) is 10.7. The average Bonchev–Trinajstić information content (AvgIpc) is 2.38. The molecule has 2 rings (SSSR count). The van der Waals surface area contributed by atoms with Crippen molar-refractivity contribution in [1.82, 2.24) is 10.3 Å². The number of piperidine rings is 1. The van der Waals surface area contributed by atoms with E-state index in [4.69, 9.17) is 0 Å². The van der Waals surface area contributed by atoms with E-state index in [0.717, 1.165) is 30.0 Å². The van der Waals surface area contributed by atoms with Crippen LogP contribution in [0, 0.1) is 12.8 Å². The molecule has 0 aliphatic carbocycles. The molecule has 0 saturated carbocycles. The molecule has 2 heterocycles. The molecule has 0 radical (unpaired) electrons. The molecule has 3 nitrogen and oxygen atoms in total. The minimum atomic E-state index is -0.432. The van der Waals surface area contributed by atoms with Crippen LogP contribution in [-0.4, -0.2) is 22.7 Å². The molecule has 0 amide bonds. The highest BCUT2D eigenvalue weighted by molar-refractivity contribution is 5.25. The maximum atomic E-state index is 10.4. The van der Waals surface area contributed by atoms with E-state index < -0.39 is 6.10 Å². The Morgan fingerprint density at radius 3 is 3.12 bits per heavy atom. The van der Waals surface area contributed by atoms with E-state index in [9.17, 15) is 5.11 Å². The molecule has 1 aliphatic heterocycles. The maximum absolute atomic E-state index is 10.4. The van der Waals surface area contributed by atoms with Crippen LogP contribution in [0.2, 0.25) is 0 Å². The van der Waals surface area contributed by atoms with Crippen molar-refractivity contribution in [3.63, 3.8) is 0 Å². The largest absolute Gasteiger partial charge is 0.387 e. The maximum Gasteiger partial charge on any atom is 0.0960 e. The normalized spacial score (nSPS) is 26.8. The van der Waals surface area contributed by atoms with Crippen molar-refractivity contribution in [2.75, 3.05) is 6.54 Å². The van der Waals surface area contributed by atoms with Gasteiger partial charge in [0, 0.05) is 24.0 Å². The van der Waals surface area contributed by atoms with Crippen LogP contribution in [0.4, 0.5) is 0 Å². The molecule has 0 aromatic carbocycles. The second-order valence-electron chi connectivity index (χ2n) is 5.04. The van der Waals surface area contributed by atoms with Crippen molar-refractivity contribution >= 4 is 0 Å². The summed E-state index contributed by atoms with van der Waals surface area (Å²) in [7, 11) is 0. The standard InChI is InChI=1S/C14H22N2O/c1-3-11-5-7-16-13(8-11)14(17)12-9-15-6-4-10(12)2/h4,6,9,11,13-14,16-17H,3,5,7-8H2,1-2H3. The van der Waals surface area contributed by atoms with Crippen LogP contribution in [0.25, 0.3) is 0 Å². The van der Waals surface area contributed by atoms with Gasteiger partial charge < -0.3 is 10.4 Å². The molecule has 2 N–H and O–H groups in total. The Morgan fingerprint density at radius 1 is 1.59 bits per heavy atom. The number of nitrogens with zero attached hydrogens (tertiary/aromatic N) is 1. The van der Waals surface area contributed by atoms with Crippen molar-refractivity contribution in [3.05, 3.63) is 29.6 Å². The number of rotatable bonds is 3. The fraction of sp³-hybridized carbons (Fsp3) is 0.643. The first kappa shape index (κ1) is 12.5. The van der Waals surface area contributed by atoms with Crippen molar-refractivity contribution in [1.29, 1.82) is 0 Å². The highest BCUT2D eigenvalue weighted by Gasteiger charge is 2.27. The van der Waals surface area contributed by atoms with Crippen LogP contribution in [0.1, 0.15) is 43.4 Å². The highest BCUT2D eigenvalue weighted by Crippen LogP contribution is 2.28. The van der Waals surface area contributed by atoms with Crippen LogP contribution < -0.4 is 5.32 Å². The van der Waals surface area contributed by atoms with Crippen LogP contribution in [0.3, 0.4) is 0 Å². The van der Waals surface area contributed by atoms with E-state index in [-0.39, 0.29) is 6.04 Å². The van der Waals surface area contributed by atoms with Gasteiger partial charge in [0.1, 0.15) is 0 Å². The quantitative estimate of drug-likeness (QED) is 0.842. The van der Waals surface area contributed by atoms with Gasteiger partial charge in [0.05, 0.1) is 6.10 Å². The molecule has 0 bridgehead atoms. The van der Waals surface area contributed by atoms with E-state index >= 15 is 0 Å². The first-order chi connectivity index (χ1) is 8.22. The summed E-state index contributed by atoms with van der Waals surface area (Å²) in [6.45, 7) is 5.27. The Labute approximate surface area is 103 Å². The van der Waals surface area contributed by atoms with E-state index in [1.54, 1.807) is 12.4 Å². The molecule has 3 unspecified atom stereocenters. The topological polar surface area (TPSA) is 45.1 Å². The Morgan fingerprint density at radius 2 is 2.41 bits per heavy atom. The highest BCUT2D eigenvalue weighted by atomic mass is 16.3. The van der Waals surface area contributed by atoms with Crippen LogP contribution in [0.15, 0.2) is 18.5 Å². The molecule has 3 atom stereocenters. The van der Waals surface area contributed by atoms with E-state index in [2.05, 4.69) is 17.2 Å². The lowest BCUT2D eigenvalue weighted by Crippen LogP contribution is -2.42. The Balaban J connectivity index is 2.09. The van der Waals surface area contributed by atoms with Crippen LogP contribution >= 0.6 is 0 Å². The summed E-state index contributed by atoms with van der Waals surface area (Å²) in [5.74, 6) is 0.743. The predicted octanol–water partition coefficient (Wildman–Crippen LogP) is 2.20. The van der Waals surface area contributed by atoms with Crippen molar-refractivity contribution < 1.29 is 5.11 Å². The van der Waals surface area contributed by atoms with Gasteiger partial charge in [-0.3, -0.25) is 4.98 Å². The van der Waals surface area contributed by atoms with Crippen molar-refractivity contribution in [2.45, 2.75) is 45.3 Å². The van der Waals surface area contributed by atoms with Gasteiger partial charge in [-0.1, -0.05) is 13.3 Å². The van der Waals surface area contributed by atoms with Gasteiger partial charge in [0.25, 0.3) is 0 Å². The average molecular weight is 234 g/mol. The summed E-state index contributed by atoms with van der Waals surface area (Å²) in [5, 5.41) is 13.9. The number of aliphatic hydroxyl groups is 1. The van der Waals surface area contributed by atoms with Gasteiger partial charge in [-0.05, 0) is 43.9 Å². The summed E-state index contributed by atoms with van der Waals surface area (Å²) in [6, 6.07) is 2.13.